The van der Waals surface area contributed by atoms with Crippen LogP contribution in [0.2, 0.25) is 0 Å². The van der Waals surface area contributed by atoms with E-state index in [1.165, 1.54) is 0 Å². The zero-order valence-electron chi connectivity index (χ0n) is 12.4. The van der Waals surface area contributed by atoms with Crippen molar-refractivity contribution in [1.82, 2.24) is 0 Å². The molecule has 2 aromatic carbocycles. The average Bonchev–Trinajstić information content (AvgIpc) is 2.49. The van der Waals surface area contributed by atoms with Gasteiger partial charge in [-0.05, 0) is 56.2 Å². The molecule has 0 aliphatic carbocycles. The molecule has 2 aromatic rings. The molecule has 21 heavy (non-hydrogen) atoms. The summed E-state index contributed by atoms with van der Waals surface area (Å²) in [5.74, 6) is 0.458. The second-order valence-electron chi connectivity index (χ2n) is 5.06. The molecule has 0 aromatic heterocycles. The molecule has 0 aliphatic heterocycles. The molecule has 106 valence electrons. The second kappa shape index (κ2) is 6.23. The molecule has 0 N–H and O–H groups in total. The van der Waals surface area contributed by atoms with Crippen LogP contribution in [0.25, 0.3) is 0 Å². The highest BCUT2D eigenvalue weighted by molar-refractivity contribution is 5.99. The Labute approximate surface area is 124 Å². The van der Waals surface area contributed by atoms with E-state index in [2.05, 4.69) is 6.07 Å². The van der Waals surface area contributed by atoms with Crippen LogP contribution in [0.1, 0.15) is 34.0 Å². The van der Waals surface area contributed by atoms with Gasteiger partial charge >= 0.3 is 0 Å². The van der Waals surface area contributed by atoms with Crippen LogP contribution in [0.5, 0.6) is 5.75 Å². The zero-order chi connectivity index (χ0) is 15.4. The van der Waals surface area contributed by atoms with Crippen LogP contribution in [0, 0.1) is 25.2 Å². The number of carbonyl (C=O) groups is 1. The number of nitrogens with zero attached hydrogens (tertiary/aromatic N) is 1. The summed E-state index contributed by atoms with van der Waals surface area (Å²) >= 11 is 0. The third kappa shape index (κ3) is 3.49. The van der Waals surface area contributed by atoms with Gasteiger partial charge in [0.1, 0.15) is 5.75 Å². The van der Waals surface area contributed by atoms with Crippen molar-refractivity contribution in [2.45, 2.75) is 26.9 Å². The molecule has 0 aliphatic rings. The van der Waals surface area contributed by atoms with Gasteiger partial charge in [0, 0.05) is 5.56 Å². The minimum Gasteiger partial charge on any atom is -0.483 e. The lowest BCUT2D eigenvalue weighted by Crippen LogP contribution is -2.24. The van der Waals surface area contributed by atoms with Gasteiger partial charge in [-0.3, -0.25) is 4.79 Å². The Kier molecular flexibility index (Phi) is 4.39. The molecular formula is C18H17NO2. The Balaban J connectivity index is 2.15. The van der Waals surface area contributed by atoms with E-state index in [0.29, 0.717) is 16.9 Å². The lowest BCUT2D eigenvalue weighted by molar-refractivity contribution is 0.0818. The highest BCUT2D eigenvalue weighted by Gasteiger charge is 2.17. The third-order valence-corrected chi connectivity index (χ3v) is 3.44. The van der Waals surface area contributed by atoms with Crippen molar-refractivity contribution in [1.29, 1.82) is 5.26 Å². The summed E-state index contributed by atoms with van der Waals surface area (Å²) < 4.78 is 5.64. The van der Waals surface area contributed by atoms with Crippen molar-refractivity contribution < 1.29 is 9.53 Å². The van der Waals surface area contributed by atoms with Crippen LogP contribution >= 0.6 is 0 Å². The summed E-state index contributed by atoms with van der Waals surface area (Å²) in [6.45, 7) is 5.71. The first kappa shape index (κ1) is 14.8. The maximum atomic E-state index is 12.4. The van der Waals surface area contributed by atoms with E-state index in [1.54, 1.807) is 31.2 Å². The molecule has 0 fully saturated rings. The van der Waals surface area contributed by atoms with Gasteiger partial charge in [-0.1, -0.05) is 18.2 Å². The largest absolute Gasteiger partial charge is 0.483 e. The maximum absolute atomic E-state index is 12.4. The van der Waals surface area contributed by atoms with E-state index in [-0.39, 0.29) is 5.78 Å². The van der Waals surface area contributed by atoms with Crippen molar-refractivity contribution in [2.24, 2.45) is 0 Å². The molecule has 1 atom stereocenters. The summed E-state index contributed by atoms with van der Waals surface area (Å²) in [7, 11) is 0. The van der Waals surface area contributed by atoms with Gasteiger partial charge in [0.15, 0.2) is 6.10 Å². The van der Waals surface area contributed by atoms with Crippen LogP contribution < -0.4 is 4.74 Å². The highest BCUT2D eigenvalue weighted by Crippen LogP contribution is 2.17. The number of nitriles is 1. The maximum Gasteiger partial charge on any atom is 0.203 e. The number of hydrogen-bond acceptors (Lipinski definition) is 3. The predicted molar refractivity (Wildman–Crippen MR) is 81.5 cm³/mol. The van der Waals surface area contributed by atoms with Crippen molar-refractivity contribution >= 4 is 5.78 Å². The number of ketones is 1. The van der Waals surface area contributed by atoms with Gasteiger partial charge in [0.2, 0.25) is 5.78 Å². The highest BCUT2D eigenvalue weighted by atomic mass is 16.5. The molecule has 0 amide bonds. The van der Waals surface area contributed by atoms with E-state index in [4.69, 9.17) is 10.00 Å². The van der Waals surface area contributed by atoms with Crippen molar-refractivity contribution in [2.75, 3.05) is 0 Å². The minimum absolute atomic E-state index is 0.0690. The number of Topliss-reactive ketones (excluding diaryl/α,β-unsaturated/α-hetero) is 1. The Bertz CT molecular complexity index is 713. The number of ether oxygens (including phenoxy) is 1. The van der Waals surface area contributed by atoms with Crippen molar-refractivity contribution in [3.63, 3.8) is 0 Å². The van der Waals surface area contributed by atoms with Crippen LogP contribution in [-0.2, 0) is 0 Å². The summed E-state index contributed by atoms with van der Waals surface area (Å²) in [5.41, 5.74) is 3.39. The molecule has 0 saturated carbocycles. The Morgan fingerprint density at radius 2 is 1.90 bits per heavy atom. The van der Waals surface area contributed by atoms with Gasteiger partial charge in [-0.2, -0.15) is 5.26 Å². The molecular weight excluding hydrogens is 262 g/mol. The smallest absolute Gasteiger partial charge is 0.203 e. The molecule has 1 unspecified atom stereocenters. The lowest BCUT2D eigenvalue weighted by atomic mass is 10.0. The summed E-state index contributed by atoms with van der Waals surface area (Å²) in [6.07, 6.45) is -0.596. The SMILES string of the molecule is Cc1ccc(C(=O)C(C)Oc2cccc(C#N)c2)cc1C. The third-order valence-electron chi connectivity index (χ3n) is 3.44. The van der Waals surface area contributed by atoms with Gasteiger partial charge in [-0.15, -0.1) is 0 Å². The fourth-order valence-corrected chi connectivity index (χ4v) is 2.03. The van der Waals surface area contributed by atoms with E-state index in [1.807, 2.05) is 32.0 Å². The van der Waals surface area contributed by atoms with Crippen LogP contribution in [0.3, 0.4) is 0 Å². The van der Waals surface area contributed by atoms with E-state index in [0.717, 1.165) is 11.1 Å². The van der Waals surface area contributed by atoms with Crippen molar-refractivity contribution in [3.05, 3.63) is 64.7 Å². The monoisotopic (exact) mass is 279 g/mol. The number of rotatable bonds is 4. The molecule has 0 saturated heterocycles. The first-order valence-electron chi connectivity index (χ1n) is 6.79. The molecule has 0 bridgehead atoms. The van der Waals surface area contributed by atoms with Crippen LogP contribution in [0.15, 0.2) is 42.5 Å². The Morgan fingerprint density at radius 3 is 2.57 bits per heavy atom. The normalized spacial score (nSPS) is 11.5. The average molecular weight is 279 g/mol. The summed E-state index contributed by atoms with van der Waals surface area (Å²) in [6, 6.07) is 14.5. The number of carbonyl (C=O) groups excluding carboxylic acids is 1. The first-order chi connectivity index (χ1) is 10.0. The fraction of sp³-hybridized carbons (Fsp3) is 0.222. The minimum atomic E-state index is -0.596. The fourth-order valence-electron chi connectivity index (χ4n) is 2.03. The van der Waals surface area contributed by atoms with Gasteiger partial charge in [-0.25, -0.2) is 0 Å². The quantitative estimate of drug-likeness (QED) is 0.799. The number of hydrogen-bond donors (Lipinski definition) is 0. The summed E-state index contributed by atoms with van der Waals surface area (Å²) in [5, 5.41) is 8.87. The van der Waals surface area contributed by atoms with Crippen LogP contribution in [0.4, 0.5) is 0 Å². The summed E-state index contributed by atoms with van der Waals surface area (Å²) in [4.78, 5) is 12.4. The van der Waals surface area contributed by atoms with Crippen LogP contribution in [-0.4, -0.2) is 11.9 Å². The van der Waals surface area contributed by atoms with E-state index < -0.39 is 6.10 Å². The second-order valence-corrected chi connectivity index (χ2v) is 5.06. The molecule has 0 radical (unpaired) electrons. The Morgan fingerprint density at radius 1 is 1.14 bits per heavy atom. The lowest BCUT2D eigenvalue weighted by Gasteiger charge is -2.14. The van der Waals surface area contributed by atoms with Crippen molar-refractivity contribution in [3.8, 4) is 11.8 Å². The number of benzene rings is 2. The topological polar surface area (TPSA) is 50.1 Å². The number of aryl methyl sites for hydroxylation is 2. The van der Waals surface area contributed by atoms with Gasteiger partial charge in [0.05, 0.1) is 11.6 Å². The molecule has 0 spiro atoms. The molecule has 2 rings (SSSR count). The van der Waals surface area contributed by atoms with E-state index >= 15 is 0 Å². The standard InChI is InChI=1S/C18H17NO2/c1-12-7-8-16(9-13(12)2)18(20)14(3)21-17-6-4-5-15(10-17)11-19/h4-10,14H,1-3H3. The predicted octanol–water partition coefficient (Wildman–Crippen LogP) is 3.83. The molecule has 3 nitrogen and oxygen atoms in total. The zero-order valence-corrected chi connectivity index (χ0v) is 12.4. The first-order valence-corrected chi connectivity index (χ1v) is 6.79. The van der Waals surface area contributed by atoms with Gasteiger partial charge in [0.25, 0.3) is 0 Å². The van der Waals surface area contributed by atoms with Gasteiger partial charge < -0.3 is 4.74 Å². The van der Waals surface area contributed by atoms with E-state index in [9.17, 15) is 4.79 Å². The molecule has 3 heteroatoms. The molecule has 0 heterocycles. The Hall–Kier alpha value is -2.60.